The lowest BCUT2D eigenvalue weighted by atomic mass is 9.96. The van der Waals surface area contributed by atoms with Crippen LogP contribution in [0.4, 0.5) is 4.79 Å². The molecule has 3 unspecified atom stereocenters. The second-order valence-corrected chi connectivity index (χ2v) is 16.2. The van der Waals surface area contributed by atoms with Gasteiger partial charge < -0.3 is 26.4 Å². The van der Waals surface area contributed by atoms with Gasteiger partial charge in [-0.3, -0.25) is 23.7 Å². The van der Waals surface area contributed by atoms with Crippen molar-refractivity contribution in [1.82, 2.24) is 36.2 Å². The summed E-state index contributed by atoms with van der Waals surface area (Å²) in [6, 6.07) is 3.28. The van der Waals surface area contributed by atoms with E-state index in [0.29, 0.717) is 70.0 Å². The molecule has 2 aromatic rings. The Kier molecular flexibility index (Phi) is 15.3. The summed E-state index contributed by atoms with van der Waals surface area (Å²) in [6.07, 6.45) is 8.49. The van der Waals surface area contributed by atoms with E-state index in [1.165, 1.54) is 10.9 Å². The van der Waals surface area contributed by atoms with Crippen LogP contribution in [0.2, 0.25) is 5.02 Å². The second kappa shape index (κ2) is 19.9. The quantitative estimate of drug-likeness (QED) is 0.0532. The number of aromatic nitrogens is 2. The number of hydrogen-bond acceptors (Lipinski definition) is 10. The highest BCUT2D eigenvalue weighted by Gasteiger charge is 2.42. The molecule has 4 amide bonds. The van der Waals surface area contributed by atoms with Crippen LogP contribution in [0.25, 0.3) is 10.9 Å². The molecule has 17 heteroatoms. The van der Waals surface area contributed by atoms with E-state index < -0.39 is 6.10 Å². The number of aliphatic hydroxyl groups is 1. The molecule has 6 N–H and O–H groups in total. The number of unbranched alkanes of at least 4 members (excludes halogenated alkanes) is 3. The topological polar surface area (TPSA) is 196 Å². The first-order valence-electron chi connectivity index (χ1n) is 18.1. The van der Waals surface area contributed by atoms with E-state index in [1.807, 2.05) is 11.8 Å². The Morgan fingerprint density at radius 2 is 1.88 bits per heavy atom. The van der Waals surface area contributed by atoms with Crippen molar-refractivity contribution in [2.75, 3.05) is 18.8 Å². The van der Waals surface area contributed by atoms with E-state index in [-0.39, 0.29) is 73.1 Å². The van der Waals surface area contributed by atoms with Crippen LogP contribution in [0.1, 0.15) is 83.5 Å². The third-order valence-corrected chi connectivity index (χ3v) is 12.4. The van der Waals surface area contributed by atoms with E-state index in [1.54, 1.807) is 12.1 Å². The third-order valence-electron chi connectivity index (χ3n) is 9.73. The zero-order valence-electron chi connectivity index (χ0n) is 29.1. The van der Waals surface area contributed by atoms with Crippen LogP contribution < -0.4 is 32.3 Å². The van der Waals surface area contributed by atoms with E-state index in [0.717, 1.165) is 44.4 Å². The first-order valence-corrected chi connectivity index (χ1v) is 20.4. The molecule has 14 nitrogen and oxygen atoms in total. The fourth-order valence-corrected chi connectivity index (χ4v) is 8.83. The molecule has 0 aliphatic carbocycles. The minimum atomic E-state index is -0.569. The van der Waals surface area contributed by atoms with Gasteiger partial charge in [0.15, 0.2) is 0 Å². The average Bonchev–Trinajstić information content (AvgIpc) is 3.68. The molecule has 3 fully saturated rings. The molecule has 5 rings (SSSR count). The number of hydrazone groups is 1. The van der Waals surface area contributed by atoms with Gasteiger partial charge in [-0.1, -0.05) is 24.4 Å². The van der Waals surface area contributed by atoms with Crippen molar-refractivity contribution in [1.29, 1.82) is 0 Å². The normalized spacial score (nSPS) is 22.9. The van der Waals surface area contributed by atoms with Gasteiger partial charge in [0.05, 0.1) is 52.7 Å². The Bertz CT molecular complexity index is 1690. The summed E-state index contributed by atoms with van der Waals surface area (Å²) < 4.78 is 2.05. The lowest BCUT2D eigenvalue weighted by Gasteiger charge is -2.29. The van der Waals surface area contributed by atoms with Gasteiger partial charge in [0, 0.05) is 60.2 Å². The smallest absolute Gasteiger partial charge is 0.315 e. The summed E-state index contributed by atoms with van der Waals surface area (Å²) in [4.78, 5) is 66.4. The molecule has 0 spiro atoms. The zero-order chi connectivity index (χ0) is 37.0. The minimum Gasteiger partial charge on any atom is -0.391 e. The lowest BCUT2D eigenvalue weighted by molar-refractivity contribution is -0.125. The van der Waals surface area contributed by atoms with E-state index in [2.05, 4.69) is 52.7 Å². The molecule has 0 bridgehead atoms. The predicted octanol–water partition coefficient (Wildman–Crippen LogP) is 3.54. The van der Waals surface area contributed by atoms with Gasteiger partial charge in [-0.15, -0.1) is 0 Å². The van der Waals surface area contributed by atoms with E-state index in [9.17, 15) is 29.1 Å². The monoisotopic (exact) mass is 822 g/mol. The molecular weight excluding hydrogens is 776 g/mol. The molecule has 52 heavy (non-hydrogen) atoms. The van der Waals surface area contributed by atoms with Crippen LogP contribution in [-0.2, 0) is 20.9 Å². The number of nitrogens with zero attached hydrogens (tertiary/aromatic N) is 3. The Morgan fingerprint density at radius 3 is 2.71 bits per heavy atom. The van der Waals surface area contributed by atoms with Gasteiger partial charge in [0.2, 0.25) is 11.8 Å². The van der Waals surface area contributed by atoms with Crippen molar-refractivity contribution in [2.45, 2.75) is 119 Å². The fourth-order valence-electron chi connectivity index (χ4n) is 6.80. The van der Waals surface area contributed by atoms with Crippen molar-refractivity contribution in [3.8, 4) is 0 Å². The number of halogens is 2. The molecule has 1 aromatic carbocycles. The summed E-state index contributed by atoms with van der Waals surface area (Å²) >= 11 is 11.5. The van der Waals surface area contributed by atoms with Gasteiger partial charge in [-0.05, 0) is 73.1 Å². The molecule has 3 saturated heterocycles. The van der Waals surface area contributed by atoms with Crippen LogP contribution in [0.3, 0.4) is 0 Å². The van der Waals surface area contributed by atoms with Crippen LogP contribution in [0, 0.1) is 0 Å². The average molecular weight is 824 g/mol. The number of piperidine rings is 1. The number of nitrogens with one attached hydrogen (secondary N) is 5. The fraction of sp³-hybridized carbons (Fsp3) is 0.629. The lowest BCUT2D eigenvalue weighted by Crippen LogP contribution is -2.46. The summed E-state index contributed by atoms with van der Waals surface area (Å²) in [6.45, 7) is 1.30. The molecular formula is C35H48BrClN8O6S. The van der Waals surface area contributed by atoms with Crippen LogP contribution in [-0.4, -0.2) is 92.3 Å². The van der Waals surface area contributed by atoms with Crippen LogP contribution in [0.5, 0.6) is 0 Å². The third kappa shape index (κ3) is 11.7. The Hall–Kier alpha value is -3.05. The Morgan fingerprint density at radius 1 is 1.06 bits per heavy atom. The first-order chi connectivity index (χ1) is 25.1. The summed E-state index contributed by atoms with van der Waals surface area (Å²) in [7, 11) is 0. The maximum atomic E-state index is 13.3. The molecule has 0 radical (unpaired) electrons. The summed E-state index contributed by atoms with van der Waals surface area (Å²) in [5, 5.41) is 28.1. The number of fused-ring (bicyclic) bond motifs is 2. The van der Waals surface area contributed by atoms with Crippen molar-refractivity contribution in [3.63, 3.8) is 0 Å². The molecule has 284 valence electrons. The van der Waals surface area contributed by atoms with Crippen molar-refractivity contribution in [3.05, 3.63) is 38.3 Å². The number of rotatable bonds is 19. The molecule has 3 aliphatic heterocycles. The van der Waals surface area contributed by atoms with Crippen molar-refractivity contribution < 1.29 is 24.3 Å². The maximum absolute atomic E-state index is 13.3. The van der Waals surface area contributed by atoms with Crippen molar-refractivity contribution >= 4 is 79.5 Å². The molecule has 0 saturated carbocycles. The van der Waals surface area contributed by atoms with Crippen LogP contribution in [0.15, 0.2) is 32.8 Å². The van der Waals surface area contributed by atoms with Gasteiger partial charge in [-0.25, -0.2) is 15.2 Å². The van der Waals surface area contributed by atoms with Gasteiger partial charge in [0.25, 0.3) is 5.56 Å². The molecule has 4 heterocycles. The van der Waals surface area contributed by atoms with Gasteiger partial charge in [-0.2, -0.15) is 16.9 Å². The number of carbonyl (C=O) groups is 4. The highest BCUT2D eigenvalue weighted by Crippen LogP contribution is 2.33. The highest BCUT2D eigenvalue weighted by atomic mass is 79.9. The number of urea groups is 1. The predicted molar refractivity (Wildman–Crippen MR) is 206 cm³/mol. The number of Topliss-reactive ketones (excluding diaryl/α,β-unsaturated/α-hetero) is 1. The van der Waals surface area contributed by atoms with Gasteiger partial charge >= 0.3 is 6.03 Å². The van der Waals surface area contributed by atoms with E-state index >= 15 is 0 Å². The summed E-state index contributed by atoms with van der Waals surface area (Å²) in [5.41, 5.74) is 3.33. The summed E-state index contributed by atoms with van der Waals surface area (Å²) in [5.74, 6) is 0.586. The standard InChI is InChI=1S/C35H48BrClN8O6S/c36-24-17-26-23(16-25(24)37)34(50)45(20-40-26)18-21(15-27-29(47)8-6-14-38-27)43-44-32(49)10-2-1-5-13-39-31(48)12-11-22(46)7-3-4-9-30-33-28(19-52-30)41-35(51)42-33/h16-17,20,27-30,33,38,47H,1-15,18-19H2,(H,39,48)(H,44,49)(H2,41,42,51)/b43-21-/t27-,28?,29+,30?,33?/m0/s1. The van der Waals surface area contributed by atoms with Crippen LogP contribution >= 0.6 is 39.3 Å². The number of carbonyl (C=O) groups excluding carboxylic acids is 4. The number of amides is 4. The second-order valence-electron chi connectivity index (χ2n) is 13.7. The first kappa shape index (κ1) is 40.1. The SMILES string of the molecule is O=C(CCCCC1SCC2NC(=O)NC21)CCC(=O)NCCCCCC(=O)N/N=C(/C[C@@H]1NCCC[C@H]1O)Cn1cnc2cc(Br)c(Cl)cc2c1=O. The minimum absolute atomic E-state index is 0.0758. The Labute approximate surface area is 320 Å². The number of ketones is 1. The number of hydrogen-bond donors (Lipinski definition) is 6. The molecule has 5 atom stereocenters. The largest absolute Gasteiger partial charge is 0.391 e. The zero-order valence-corrected chi connectivity index (χ0v) is 32.3. The number of thioether (sulfide) groups is 1. The van der Waals surface area contributed by atoms with Crippen molar-refractivity contribution in [2.24, 2.45) is 5.10 Å². The number of benzene rings is 1. The molecule has 3 aliphatic rings. The Balaban J connectivity index is 0.972. The maximum Gasteiger partial charge on any atom is 0.315 e. The van der Waals surface area contributed by atoms with Gasteiger partial charge in [0.1, 0.15) is 5.78 Å². The molecule has 1 aromatic heterocycles. The highest BCUT2D eigenvalue weighted by molar-refractivity contribution is 9.10. The van der Waals surface area contributed by atoms with E-state index in [4.69, 9.17) is 11.6 Å². The number of aliphatic hydroxyl groups excluding tert-OH is 1.